The van der Waals surface area contributed by atoms with E-state index in [0.717, 1.165) is 5.56 Å². The molecule has 0 aromatic heterocycles. The Morgan fingerprint density at radius 1 is 1.47 bits per heavy atom. The molecule has 1 aromatic rings. The second-order valence-electron chi connectivity index (χ2n) is 3.74. The fourth-order valence-corrected chi connectivity index (χ4v) is 1.54. The van der Waals surface area contributed by atoms with E-state index in [4.69, 9.17) is 32.7 Å². The summed E-state index contributed by atoms with van der Waals surface area (Å²) >= 11 is 11.1. The summed E-state index contributed by atoms with van der Waals surface area (Å²) < 4.78 is 24.0. The van der Waals surface area contributed by atoms with Crippen LogP contribution in [0, 0.1) is 5.82 Å². The Kier molecular flexibility index (Phi) is 7.82. The summed E-state index contributed by atoms with van der Waals surface area (Å²) in [6, 6.07) is 4.76. The van der Waals surface area contributed by atoms with Gasteiger partial charge in [-0.15, -0.1) is 0 Å². The molecule has 19 heavy (non-hydrogen) atoms. The second-order valence-corrected chi connectivity index (χ2v) is 4.45. The summed E-state index contributed by atoms with van der Waals surface area (Å²) in [5, 5.41) is 3.44. The molecule has 0 saturated carbocycles. The monoisotopic (exact) mass is 307 g/mol. The van der Waals surface area contributed by atoms with Crippen molar-refractivity contribution in [2.24, 2.45) is 0 Å². The Morgan fingerprint density at radius 2 is 2.26 bits per heavy atom. The first-order valence-electron chi connectivity index (χ1n) is 5.73. The van der Waals surface area contributed by atoms with Crippen molar-refractivity contribution in [1.29, 1.82) is 0 Å². The Labute approximate surface area is 122 Å². The van der Waals surface area contributed by atoms with Gasteiger partial charge >= 0.3 is 0 Å². The number of methoxy groups -OCH3 is 1. The third-order valence-corrected chi connectivity index (χ3v) is 2.91. The van der Waals surface area contributed by atoms with E-state index < -0.39 is 5.82 Å². The van der Waals surface area contributed by atoms with Crippen LogP contribution in [-0.4, -0.2) is 26.9 Å². The third-order valence-electron chi connectivity index (χ3n) is 2.32. The predicted octanol–water partition coefficient (Wildman–Crippen LogP) is 3.26. The van der Waals surface area contributed by atoms with Gasteiger partial charge in [0.25, 0.3) is 0 Å². The quantitative estimate of drug-likeness (QED) is 0.748. The molecule has 0 heterocycles. The van der Waals surface area contributed by atoms with Gasteiger partial charge in [-0.2, -0.15) is 0 Å². The van der Waals surface area contributed by atoms with Gasteiger partial charge in [-0.05, 0) is 6.07 Å². The summed E-state index contributed by atoms with van der Waals surface area (Å²) in [4.78, 5) is 0. The minimum absolute atomic E-state index is 0.0387. The predicted molar refractivity (Wildman–Crippen MR) is 75.3 cm³/mol. The van der Waals surface area contributed by atoms with E-state index in [2.05, 4.69) is 5.32 Å². The van der Waals surface area contributed by atoms with E-state index in [1.165, 1.54) is 11.6 Å². The van der Waals surface area contributed by atoms with Crippen LogP contribution in [-0.2, 0) is 11.3 Å². The summed E-state index contributed by atoms with van der Waals surface area (Å²) in [6.07, 6.45) is 0. The van der Waals surface area contributed by atoms with E-state index >= 15 is 0 Å². The van der Waals surface area contributed by atoms with Gasteiger partial charge in [0.15, 0.2) is 11.6 Å². The topological polar surface area (TPSA) is 30.5 Å². The minimum atomic E-state index is -0.426. The SMILES string of the molecule is COCCNCc1cccc(F)c1OC/C(Cl)=C/Cl. The van der Waals surface area contributed by atoms with Crippen LogP contribution >= 0.6 is 23.2 Å². The molecule has 0 bridgehead atoms. The van der Waals surface area contributed by atoms with Crippen LogP contribution in [0.5, 0.6) is 5.75 Å². The molecule has 3 nitrogen and oxygen atoms in total. The molecule has 1 N–H and O–H groups in total. The summed E-state index contributed by atoms with van der Waals surface area (Å²) in [6.45, 7) is 1.79. The van der Waals surface area contributed by atoms with E-state index in [9.17, 15) is 4.39 Å². The van der Waals surface area contributed by atoms with Gasteiger partial charge in [0.2, 0.25) is 0 Å². The van der Waals surface area contributed by atoms with Gasteiger partial charge in [-0.25, -0.2) is 4.39 Å². The molecular formula is C13H16Cl2FNO2. The van der Waals surface area contributed by atoms with Crippen LogP contribution in [0.15, 0.2) is 28.8 Å². The molecule has 6 heteroatoms. The van der Waals surface area contributed by atoms with Gasteiger partial charge < -0.3 is 14.8 Å². The Morgan fingerprint density at radius 3 is 2.95 bits per heavy atom. The maximum atomic E-state index is 13.7. The van der Waals surface area contributed by atoms with Crippen LogP contribution in [0.25, 0.3) is 0 Å². The lowest BCUT2D eigenvalue weighted by molar-refractivity contribution is 0.199. The highest BCUT2D eigenvalue weighted by Gasteiger charge is 2.10. The molecule has 0 spiro atoms. The number of hydrogen-bond donors (Lipinski definition) is 1. The van der Waals surface area contributed by atoms with Crippen LogP contribution in [0.1, 0.15) is 5.56 Å². The highest BCUT2D eigenvalue weighted by molar-refractivity contribution is 6.36. The van der Waals surface area contributed by atoms with E-state index in [0.29, 0.717) is 24.7 Å². The lowest BCUT2D eigenvalue weighted by atomic mass is 10.2. The van der Waals surface area contributed by atoms with Gasteiger partial charge in [0.05, 0.1) is 11.6 Å². The summed E-state index contributed by atoms with van der Waals surface area (Å²) in [5.74, 6) is -0.242. The van der Waals surface area contributed by atoms with Crippen LogP contribution in [0.3, 0.4) is 0 Å². The van der Waals surface area contributed by atoms with Gasteiger partial charge in [-0.1, -0.05) is 35.3 Å². The maximum absolute atomic E-state index is 13.7. The van der Waals surface area contributed by atoms with Crippen molar-refractivity contribution in [1.82, 2.24) is 5.32 Å². The number of para-hydroxylation sites is 1. The van der Waals surface area contributed by atoms with E-state index in [-0.39, 0.29) is 12.4 Å². The number of hydrogen-bond acceptors (Lipinski definition) is 3. The number of halogens is 3. The van der Waals surface area contributed by atoms with Crippen molar-refractivity contribution in [3.63, 3.8) is 0 Å². The summed E-state index contributed by atoms with van der Waals surface area (Å²) in [7, 11) is 1.62. The molecule has 0 fully saturated rings. The smallest absolute Gasteiger partial charge is 0.165 e. The van der Waals surface area contributed by atoms with Crippen molar-refractivity contribution in [3.8, 4) is 5.75 Å². The normalized spacial score (nSPS) is 11.7. The van der Waals surface area contributed by atoms with Crippen molar-refractivity contribution >= 4 is 23.2 Å². The zero-order valence-electron chi connectivity index (χ0n) is 10.6. The zero-order chi connectivity index (χ0) is 14.1. The lowest BCUT2D eigenvalue weighted by Crippen LogP contribution is -2.19. The van der Waals surface area contributed by atoms with Crippen LogP contribution in [0.4, 0.5) is 4.39 Å². The van der Waals surface area contributed by atoms with E-state index in [1.807, 2.05) is 0 Å². The minimum Gasteiger partial charge on any atom is -0.485 e. The first-order valence-corrected chi connectivity index (χ1v) is 6.55. The highest BCUT2D eigenvalue weighted by Crippen LogP contribution is 2.23. The van der Waals surface area contributed by atoms with Crippen LogP contribution in [0.2, 0.25) is 0 Å². The second kappa shape index (κ2) is 9.15. The molecule has 0 unspecified atom stereocenters. The molecule has 106 valence electrons. The average molecular weight is 308 g/mol. The number of benzene rings is 1. The zero-order valence-corrected chi connectivity index (χ0v) is 12.1. The van der Waals surface area contributed by atoms with Crippen molar-refractivity contribution < 1.29 is 13.9 Å². The van der Waals surface area contributed by atoms with Crippen molar-refractivity contribution in [3.05, 3.63) is 40.1 Å². The molecule has 0 radical (unpaired) electrons. The van der Waals surface area contributed by atoms with Gasteiger partial charge in [-0.3, -0.25) is 0 Å². The fourth-order valence-electron chi connectivity index (χ4n) is 1.42. The number of nitrogens with one attached hydrogen (secondary N) is 1. The third kappa shape index (κ3) is 5.78. The molecule has 0 aliphatic heterocycles. The molecule has 0 aliphatic rings. The number of rotatable bonds is 8. The molecular weight excluding hydrogens is 292 g/mol. The van der Waals surface area contributed by atoms with Crippen molar-refractivity contribution in [2.45, 2.75) is 6.54 Å². The Hall–Kier alpha value is -0.810. The first-order chi connectivity index (χ1) is 9.19. The fraction of sp³-hybridized carbons (Fsp3) is 0.385. The summed E-state index contributed by atoms with van der Waals surface area (Å²) in [5.41, 5.74) is 1.91. The van der Waals surface area contributed by atoms with E-state index in [1.54, 1.807) is 19.2 Å². The molecule has 0 amide bonds. The Bertz CT molecular complexity index is 427. The molecule has 0 atom stereocenters. The van der Waals surface area contributed by atoms with Crippen molar-refractivity contribution in [2.75, 3.05) is 26.9 Å². The molecule has 0 aliphatic carbocycles. The van der Waals surface area contributed by atoms with Gasteiger partial charge in [0.1, 0.15) is 6.61 Å². The first kappa shape index (κ1) is 16.2. The average Bonchev–Trinajstić information content (AvgIpc) is 2.42. The highest BCUT2D eigenvalue weighted by atomic mass is 35.5. The van der Waals surface area contributed by atoms with Crippen LogP contribution < -0.4 is 10.1 Å². The Balaban J connectivity index is 2.66. The maximum Gasteiger partial charge on any atom is 0.165 e. The standard InChI is InChI=1S/C13H16Cl2FNO2/c1-18-6-5-17-8-10-3-2-4-12(16)13(10)19-9-11(15)7-14/h2-4,7,17H,5-6,8-9H2,1H3/b11-7-. The van der Waals surface area contributed by atoms with Gasteiger partial charge in [0, 0.05) is 31.3 Å². The number of ether oxygens (including phenoxy) is 2. The molecule has 1 aromatic carbocycles. The lowest BCUT2D eigenvalue weighted by Gasteiger charge is -2.12. The largest absolute Gasteiger partial charge is 0.485 e. The molecule has 0 saturated heterocycles. The molecule has 1 rings (SSSR count).